The fraction of sp³-hybridized carbons (Fsp3) is 0.333. The van der Waals surface area contributed by atoms with E-state index in [-0.39, 0.29) is 34.7 Å². The molecule has 7 heteroatoms. The minimum Gasteiger partial charge on any atom is -0.352 e. The van der Waals surface area contributed by atoms with Gasteiger partial charge in [0.1, 0.15) is 5.82 Å². The number of carbonyl (C=O) groups is 2. The third-order valence-corrected chi connectivity index (χ3v) is 5.95. The molecule has 2 aromatic rings. The Balaban J connectivity index is 1.87. The highest BCUT2D eigenvalue weighted by atomic mass is 35.5. The summed E-state index contributed by atoms with van der Waals surface area (Å²) in [6, 6.07) is 9.73. The van der Waals surface area contributed by atoms with Gasteiger partial charge in [-0.3, -0.25) is 9.59 Å². The molecule has 1 N–H and O–H groups in total. The monoisotopic (exact) mass is 420 g/mol. The Hall–Kier alpha value is -2.05. The Labute approximate surface area is 173 Å². The minimum absolute atomic E-state index is 0.0241. The normalized spacial score (nSPS) is 13.6. The quantitative estimate of drug-likeness (QED) is 0.723. The summed E-state index contributed by atoms with van der Waals surface area (Å²) in [7, 11) is 0. The van der Waals surface area contributed by atoms with Crippen LogP contribution < -0.4 is 10.2 Å². The third kappa shape index (κ3) is 4.67. The highest BCUT2D eigenvalue weighted by Gasteiger charge is 2.27. The second kappa shape index (κ2) is 8.97. The number of anilines is 1. The van der Waals surface area contributed by atoms with Crippen molar-refractivity contribution in [2.45, 2.75) is 31.7 Å². The fourth-order valence-electron chi connectivity index (χ4n) is 2.93. The van der Waals surface area contributed by atoms with Crippen molar-refractivity contribution in [3.63, 3.8) is 0 Å². The Kier molecular flexibility index (Phi) is 6.62. The molecule has 1 aliphatic heterocycles. The van der Waals surface area contributed by atoms with Crippen molar-refractivity contribution in [1.29, 1.82) is 0 Å². The lowest BCUT2D eigenvalue weighted by atomic mass is 10.1. The molecule has 0 aromatic heterocycles. The lowest BCUT2D eigenvalue weighted by Gasteiger charge is -2.30. The summed E-state index contributed by atoms with van der Waals surface area (Å²) in [6.07, 6.45) is 0.892. The molecule has 0 saturated carbocycles. The number of thioether (sulfide) groups is 1. The Morgan fingerprint density at radius 3 is 2.82 bits per heavy atom. The van der Waals surface area contributed by atoms with Gasteiger partial charge in [0.05, 0.1) is 18.0 Å². The molecular weight excluding hydrogens is 399 g/mol. The van der Waals surface area contributed by atoms with E-state index >= 15 is 0 Å². The molecule has 0 bridgehead atoms. The van der Waals surface area contributed by atoms with Gasteiger partial charge in [0.25, 0.3) is 5.91 Å². The Morgan fingerprint density at radius 2 is 2.11 bits per heavy atom. The average Bonchev–Trinajstić information content (AvgIpc) is 2.65. The molecule has 1 heterocycles. The summed E-state index contributed by atoms with van der Waals surface area (Å²) in [6.45, 7) is 4.81. The molecular formula is C21H22ClFN2O2S. The molecule has 0 saturated heterocycles. The van der Waals surface area contributed by atoms with Crippen LogP contribution in [0.15, 0.2) is 41.3 Å². The van der Waals surface area contributed by atoms with Crippen LogP contribution in [0.5, 0.6) is 0 Å². The molecule has 1 aliphatic rings. The fourth-order valence-corrected chi connectivity index (χ4v) is 4.07. The van der Waals surface area contributed by atoms with Crippen molar-refractivity contribution in [3.05, 3.63) is 58.4 Å². The number of carbonyl (C=O) groups excluding carboxylic acids is 2. The summed E-state index contributed by atoms with van der Waals surface area (Å²) >= 11 is 7.55. The molecule has 148 valence electrons. The molecule has 0 atom stereocenters. The van der Waals surface area contributed by atoms with Crippen molar-refractivity contribution in [3.8, 4) is 0 Å². The van der Waals surface area contributed by atoms with E-state index in [1.54, 1.807) is 18.2 Å². The number of nitrogens with one attached hydrogen (secondary N) is 1. The van der Waals surface area contributed by atoms with Crippen LogP contribution >= 0.6 is 23.4 Å². The predicted octanol–water partition coefficient (Wildman–Crippen LogP) is 4.89. The first-order valence-corrected chi connectivity index (χ1v) is 10.5. The van der Waals surface area contributed by atoms with E-state index in [1.165, 1.54) is 28.8 Å². The molecule has 0 fully saturated rings. The van der Waals surface area contributed by atoms with Crippen LogP contribution in [0.25, 0.3) is 0 Å². The maximum Gasteiger partial charge on any atom is 0.251 e. The van der Waals surface area contributed by atoms with Crippen LogP contribution in [0.1, 0.15) is 36.2 Å². The summed E-state index contributed by atoms with van der Waals surface area (Å²) in [5.41, 5.74) is 1.35. The Morgan fingerprint density at radius 1 is 1.32 bits per heavy atom. The van der Waals surface area contributed by atoms with Gasteiger partial charge in [-0.05, 0) is 42.7 Å². The Bertz CT molecular complexity index is 884. The van der Waals surface area contributed by atoms with Gasteiger partial charge in [0.2, 0.25) is 5.91 Å². The van der Waals surface area contributed by atoms with Gasteiger partial charge in [-0.25, -0.2) is 4.39 Å². The van der Waals surface area contributed by atoms with E-state index in [4.69, 9.17) is 11.6 Å². The molecule has 2 amide bonds. The average molecular weight is 421 g/mol. The predicted molar refractivity (Wildman–Crippen MR) is 112 cm³/mol. The van der Waals surface area contributed by atoms with E-state index in [2.05, 4.69) is 19.2 Å². The number of benzene rings is 2. The summed E-state index contributed by atoms with van der Waals surface area (Å²) in [5.74, 6) is -0.0232. The lowest BCUT2D eigenvalue weighted by molar-refractivity contribution is -0.116. The first kappa shape index (κ1) is 20.7. The zero-order valence-corrected chi connectivity index (χ0v) is 17.4. The number of hydrogen-bond donors (Lipinski definition) is 1. The molecule has 4 nitrogen and oxygen atoms in total. The van der Waals surface area contributed by atoms with Crippen LogP contribution in [-0.2, 0) is 11.3 Å². The van der Waals surface area contributed by atoms with E-state index in [1.807, 2.05) is 6.07 Å². The van der Waals surface area contributed by atoms with Crippen molar-refractivity contribution in [2.24, 2.45) is 5.92 Å². The summed E-state index contributed by atoms with van der Waals surface area (Å²) < 4.78 is 14.2. The van der Waals surface area contributed by atoms with Crippen LogP contribution in [0.2, 0.25) is 5.02 Å². The minimum atomic E-state index is -0.456. The SMILES string of the molecule is CC(C)CCNC(=O)c1ccc2c(c1)N(Cc1c(F)cccc1Cl)C(=O)CS2. The van der Waals surface area contributed by atoms with Crippen LogP contribution in [0, 0.1) is 11.7 Å². The number of rotatable bonds is 6. The van der Waals surface area contributed by atoms with Gasteiger partial charge in [0.15, 0.2) is 0 Å². The van der Waals surface area contributed by atoms with E-state index in [0.717, 1.165) is 11.3 Å². The highest BCUT2D eigenvalue weighted by molar-refractivity contribution is 8.00. The number of hydrogen-bond acceptors (Lipinski definition) is 3. The molecule has 28 heavy (non-hydrogen) atoms. The number of fused-ring (bicyclic) bond motifs is 1. The first-order chi connectivity index (χ1) is 13.4. The molecule has 0 aliphatic carbocycles. The van der Waals surface area contributed by atoms with Gasteiger partial charge >= 0.3 is 0 Å². The van der Waals surface area contributed by atoms with Crippen molar-refractivity contribution < 1.29 is 14.0 Å². The topological polar surface area (TPSA) is 49.4 Å². The van der Waals surface area contributed by atoms with Crippen LogP contribution in [0.3, 0.4) is 0 Å². The summed E-state index contributed by atoms with van der Waals surface area (Å²) in [4.78, 5) is 27.4. The molecule has 0 radical (unpaired) electrons. The molecule has 0 spiro atoms. The number of nitrogens with zero attached hydrogens (tertiary/aromatic N) is 1. The van der Waals surface area contributed by atoms with Gasteiger partial charge < -0.3 is 10.2 Å². The second-order valence-electron chi connectivity index (χ2n) is 7.09. The highest BCUT2D eigenvalue weighted by Crippen LogP contribution is 2.37. The molecule has 0 unspecified atom stereocenters. The smallest absolute Gasteiger partial charge is 0.251 e. The van der Waals surface area contributed by atoms with Crippen LogP contribution in [0.4, 0.5) is 10.1 Å². The maximum absolute atomic E-state index is 14.2. The third-order valence-electron chi connectivity index (χ3n) is 4.55. The second-order valence-corrected chi connectivity index (χ2v) is 8.51. The largest absolute Gasteiger partial charge is 0.352 e. The maximum atomic E-state index is 14.2. The van der Waals surface area contributed by atoms with Crippen molar-refractivity contribution >= 4 is 40.9 Å². The van der Waals surface area contributed by atoms with Gasteiger partial charge in [-0.1, -0.05) is 31.5 Å². The number of amides is 2. The number of halogens is 2. The standard InChI is InChI=1S/C21H22ClFN2O2S/c1-13(2)8-9-24-21(27)14-6-7-19-18(10-14)25(20(26)12-28-19)11-15-16(22)4-3-5-17(15)23/h3-7,10,13H,8-9,11-12H2,1-2H3,(H,24,27). The van der Waals surface area contributed by atoms with E-state index in [9.17, 15) is 14.0 Å². The van der Waals surface area contributed by atoms with Gasteiger partial charge in [-0.2, -0.15) is 0 Å². The first-order valence-electron chi connectivity index (χ1n) is 9.15. The van der Waals surface area contributed by atoms with Gasteiger partial charge in [-0.15, -0.1) is 11.8 Å². The van der Waals surface area contributed by atoms with Crippen LogP contribution in [-0.4, -0.2) is 24.1 Å². The zero-order chi connectivity index (χ0) is 20.3. The van der Waals surface area contributed by atoms with Crippen molar-refractivity contribution in [1.82, 2.24) is 5.32 Å². The van der Waals surface area contributed by atoms with E-state index < -0.39 is 5.82 Å². The van der Waals surface area contributed by atoms with E-state index in [0.29, 0.717) is 23.7 Å². The van der Waals surface area contributed by atoms with Crippen molar-refractivity contribution in [2.75, 3.05) is 17.2 Å². The molecule has 2 aromatic carbocycles. The lowest BCUT2D eigenvalue weighted by Crippen LogP contribution is -2.35. The molecule has 3 rings (SSSR count). The summed E-state index contributed by atoms with van der Waals surface area (Å²) in [5, 5.41) is 3.17. The zero-order valence-electron chi connectivity index (χ0n) is 15.8. The van der Waals surface area contributed by atoms with Gasteiger partial charge in [0, 0.05) is 27.6 Å².